The third kappa shape index (κ3) is 3.87. The second-order valence-corrected chi connectivity index (χ2v) is 6.78. The number of rotatable bonds is 6. The second-order valence-electron chi connectivity index (χ2n) is 6.78. The van der Waals surface area contributed by atoms with Crippen molar-refractivity contribution >= 4 is 28.5 Å². The Kier molecular flexibility index (Phi) is 5.44. The molecule has 0 radical (unpaired) electrons. The Hall–Kier alpha value is -4.08. The summed E-state index contributed by atoms with van der Waals surface area (Å²) in [7, 11) is 3.32. The summed E-state index contributed by atoms with van der Waals surface area (Å²) in [5.41, 5.74) is 3.39. The number of aliphatic imine (C=N–C) groups is 1. The third-order valence-corrected chi connectivity index (χ3v) is 4.83. The lowest BCUT2D eigenvalue weighted by atomic mass is 10.0. The average Bonchev–Trinajstić information content (AvgIpc) is 3.45. The van der Waals surface area contributed by atoms with Gasteiger partial charge in [-0.05, 0) is 25.1 Å². The summed E-state index contributed by atoms with van der Waals surface area (Å²) >= 11 is 0. The SMILES string of the molecule is C/N=C(/c1cnc2[nH]cc(C(=O)NC(C)c3ccno3)c2n1)c1ccc(F)cc1NC. The van der Waals surface area contributed by atoms with E-state index in [0.29, 0.717) is 45.1 Å². The second kappa shape index (κ2) is 8.34. The van der Waals surface area contributed by atoms with Crippen molar-refractivity contribution in [1.29, 1.82) is 0 Å². The lowest BCUT2D eigenvalue weighted by Gasteiger charge is -2.12. The smallest absolute Gasteiger partial charge is 0.255 e. The normalized spacial score (nSPS) is 12.7. The molecule has 158 valence electrons. The van der Waals surface area contributed by atoms with Gasteiger partial charge in [0.15, 0.2) is 11.4 Å². The van der Waals surface area contributed by atoms with Crippen molar-refractivity contribution in [3.05, 3.63) is 71.3 Å². The van der Waals surface area contributed by atoms with Gasteiger partial charge in [-0.25, -0.2) is 14.4 Å². The molecule has 31 heavy (non-hydrogen) atoms. The minimum atomic E-state index is -0.374. The summed E-state index contributed by atoms with van der Waals surface area (Å²) in [6, 6.07) is 5.67. The van der Waals surface area contributed by atoms with E-state index in [0.717, 1.165) is 0 Å². The van der Waals surface area contributed by atoms with Crippen LogP contribution in [-0.2, 0) is 0 Å². The predicted molar refractivity (Wildman–Crippen MR) is 114 cm³/mol. The van der Waals surface area contributed by atoms with E-state index in [1.807, 2.05) is 0 Å². The topological polar surface area (TPSA) is 121 Å². The van der Waals surface area contributed by atoms with Crippen molar-refractivity contribution in [2.24, 2.45) is 4.99 Å². The highest BCUT2D eigenvalue weighted by Gasteiger charge is 2.20. The minimum Gasteiger partial charge on any atom is -0.387 e. The van der Waals surface area contributed by atoms with E-state index in [1.54, 1.807) is 45.5 Å². The van der Waals surface area contributed by atoms with Gasteiger partial charge in [0.05, 0.1) is 29.7 Å². The van der Waals surface area contributed by atoms with Crippen LogP contribution in [0.15, 0.2) is 52.4 Å². The molecule has 0 saturated heterocycles. The number of nitrogens with zero attached hydrogens (tertiary/aromatic N) is 4. The molecular formula is C21H20FN7O2. The van der Waals surface area contributed by atoms with Crippen LogP contribution in [0.1, 0.15) is 40.3 Å². The number of aromatic amines is 1. The highest BCUT2D eigenvalue weighted by Crippen LogP contribution is 2.22. The summed E-state index contributed by atoms with van der Waals surface area (Å²) in [6.45, 7) is 1.79. The van der Waals surface area contributed by atoms with Gasteiger partial charge >= 0.3 is 0 Å². The molecule has 0 fully saturated rings. The zero-order valence-corrected chi connectivity index (χ0v) is 17.1. The van der Waals surface area contributed by atoms with E-state index < -0.39 is 0 Å². The molecule has 1 amide bonds. The number of fused-ring (bicyclic) bond motifs is 1. The van der Waals surface area contributed by atoms with E-state index in [2.05, 4.69) is 35.7 Å². The molecule has 0 saturated carbocycles. The minimum absolute atomic E-state index is 0.333. The molecule has 1 aromatic carbocycles. The molecule has 0 bridgehead atoms. The highest BCUT2D eigenvalue weighted by atomic mass is 19.1. The number of nitrogens with one attached hydrogen (secondary N) is 3. The first-order valence-corrected chi connectivity index (χ1v) is 9.52. The maximum Gasteiger partial charge on any atom is 0.255 e. The quantitative estimate of drug-likeness (QED) is 0.412. The monoisotopic (exact) mass is 421 g/mol. The highest BCUT2D eigenvalue weighted by molar-refractivity contribution is 6.15. The number of carbonyl (C=O) groups excluding carboxylic acids is 1. The maximum atomic E-state index is 13.7. The van der Waals surface area contributed by atoms with Crippen molar-refractivity contribution in [3.8, 4) is 0 Å². The van der Waals surface area contributed by atoms with Crippen molar-refractivity contribution in [1.82, 2.24) is 25.4 Å². The van der Waals surface area contributed by atoms with Gasteiger partial charge in [-0.3, -0.25) is 9.79 Å². The first kappa shape index (κ1) is 20.2. The number of hydrogen-bond donors (Lipinski definition) is 3. The third-order valence-electron chi connectivity index (χ3n) is 4.83. The first-order chi connectivity index (χ1) is 15.0. The number of carbonyl (C=O) groups is 1. The van der Waals surface area contributed by atoms with Gasteiger partial charge < -0.3 is 20.1 Å². The fraction of sp³-hybridized carbons (Fsp3) is 0.190. The van der Waals surface area contributed by atoms with Gasteiger partial charge in [-0.15, -0.1) is 0 Å². The molecule has 1 atom stereocenters. The molecule has 3 N–H and O–H groups in total. The Labute approximate surface area is 176 Å². The molecule has 0 aliphatic carbocycles. The van der Waals surface area contributed by atoms with Gasteiger partial charge in [0.1, 0.15) is 17.0 Å². The molecule has 4 rings (SSSR count). The van der Waals surface area contributed by atoms with Crippen LogP contribution in [0.3, 0.4) is 0 Å². The van der Waals surface area contributed by atoms with Crippen LogP contribution < -0.4 is 10.6 Å². The van der Waals surface area contributed by atoms with Crippen LogP contribution >= 0.6 is 0 Å². The Balaban J connectivity index is 1.70. The van der Waals surface area contributed by atoms with Crippen molar-refractivity contribution < 1.29 is 13.7 Å². The summed E-state index contributed by atoms with van der Waals surface area (Å²) in [4.78, 5) is 29.1. The number of H-pyrrole nitrogens is 1. The molecule has 1 unspecified atom stereocenters. The zero-order chi connectivity index (χ0) is 22.0. The van der Waals surface area contributed by atoms with Crippen molar-refractivity contribution in [2.75, 3.05) is 19.4 Å². The molecule has 9 nitrogen and oxygen atoms in total. The number of aromatic nitrogens is 4. The lowest BCUT2D eigenvalue weighted by Crippen LogP contribution is -2.26. The maximum absolute atomic E-state index is 13.7. The van der Waals surface area contributed by atoms with Crippen LogP contribution in [0.25, 0.3) is 11.2 Å². The largest absolute Gasteiger partial charge is 0.387 e. The van der Waals surface area contributed by atoms with Crippen LogP contribution in [0.5, 0.6) is 0 Å². The summed E-state index contributed by atoms with van der Waals surface area (Å²) in [5, 5.41) is 9.47. The number of anilines is 1. The van der Waals surface area contributed by atoms with Crippen LogP contribution in [-0.4, -0.2) is 45.8 Å². The Morgan fingerprint density at radius 3 is 2.84 bits per heavy atom. The van der Waals surface area contributed by atoms with Crippen LogP contribution in [0.2, 0.25) is 0 Å². The van der Waals surface area contributed by atoms with Gasteiger partial charge in [0.2, 0.25) is 0 Å². The number of amides is 1. The Morgan fingerprint density at radius 2 is 2.13 bits per heavy atom. The summed E-state index contributed by atoms with van der Waals surface area (Å²) in [6.07, 6.45) is 4.63. The van der Waals surface area contributed by atoms with Crippen LogP contribution in [0, 0.1) is 5.82 Å². The molecule has 10 heteroatoms. The molecule has 3 heterocycles. The van der Waals surface area contributed by atoms with Gasteiger partial charge in [0, 0.05) is 37.6 Å². The molecular weight excluding hydrogens is 401 g/mol. The molecule has 0 aliphatic heterocycles. The lowest BCUT2D eigenvalue weighted by molar-refractivity contribution is 0.0935. The molecule has 0 aliphatic rings. The number of hydrogen-bond acceptors (Lipinski definition) is 7. The van der Waals surface area contributed by atoms with E-state index in [-0.39, 0.29) is 17.8 Å². The van der Waals surface area contributed by atoms with E-state index in [1.165, 1.54) is 18.3 Å². The van der Waals surface area contributed by atoms with E-state index in [4.69, 9.17) is 4.52 Å². The molecule has 4 aromatic rings. The van der Waals surface area contributed by atoms with Crippen molar-refractivity contribution in [2.45, 2.75) is 13.0 Å². The Morgan fingerprint density at radius 1 is 1.29 bits per heavy atom. The number of benzene rings is 1. The van der Waals surface area contributed by atoms with Gasteiger partial charge in [-0.2, -0.15) is 0 Å². The standard InChI is InChI=1S/C21H20FN7O2/c1-11(17-6-7-27-31-17)28-21(30)14-9-25-20-19(14)29-16(10-26-20)18(24-3)13-5-4-12(22)8-15(13)23-2/h4-11,23H,1-3H3,(H,25,26)(H,28,30)/b24-18+. The predicted octanol–water partition coefficient (Wildman–Crippen LogP) is 3.08. The Bertz CT molecular complexity index is 1260. The zero-order valence-electron chi connectivity index (χ0n) is 17.1. The van der Waals surface area contributed by atoms with Crippen molar-refractivity contribution in [3.63, 3.8) is 0 Å². The van der Waals surface area contributed by atoms with Gasteiger partial charge in [0.25, 0.3) is 5.91 Å². The molecule has 3 aromatic heterocycles. The average molecular weight is 421 g/mol. The number of halogens is 1. The first-order valence-electron chi connectivity index (χ1n) is 9.52. The fourth-order valence-electron chi connectivity index (χ4n) is 3.28. The van der Waals surface area contributed by atoms with Crippen LogP contribution in [0.4, 0.5) is 10.1 Å². The fourth-order valence-corrected chi connectivity index (χ4v) is 3.28. The summed E-state index contributed by atoms with van der Waals surface area (Å²) < 4.78 is 18.7. The summed E-state index contributed by atoms with van der Waals surface area (Å²) in [5.74, 6) is -0.166. The molecule has 0 spiro atoms. The van der Waals surface area contributed by atoms with E-state index >= 15 is 0 Å². The van der Waals surface area contributed by atoms with Gasteiger partial charge in [-0.1, -0.05) is 5.16 Å². The van der Waals surface area contributed by atoms with E-state index in [9.17, 15) is 9.18 Å².